The van der Waals surface area contributed by atoms with Crippen molar-refractivity contribution in [1.29, 1.82) is 0 Å². The fraction of sp³-hybridized carbons (Fsp3) is 0.630. The van der Waals surface area contributed by atoms with Crippen molar-refractivity contribution in [3.63, 3.8) is 0 Å². The van der Waals surface area contributed by atoms with Crippen molar-refractivity contribution < 1.29 is 48.0 Å². The fourth-order valence-corrected chi connectivity index (χ4v) is 2.74. The van der Waals surface area contributed by atoms with Gasteiger partial charge in [0, 0.05) is 6.54 Å². The summed E-state index contributed by atoms with van der Waals surface area (Å²) in [4.78, 5) is 48.2. The minimum absolute atomic E-state index is 0.00918. The van der Waals surface area contributed by atoms with Gasteiger partial charge in [0.25, 0.3) is 0 Å². The molecule has 0 amide bonds. The van der Waals surface area contributed by atoms with Gasteiger partial charge in [-0.05, 0) is 63.6 Å². The van der Waals surface area contributed by atoms with E-state index in [1.54, 1.807) is 27.7 Å². The highest BCUT2D eigenvalue weighted by molar-refractivity contribution is 5.76. The smallest absolute Gasteiger partial charge is 0.480 e. The Labute approximate surface area is 224 Å². The highest BCUT2D eigenvalue weighted by Gasteiger charge is 2.26. The maximum atomic E-state index is 12.2. The third-order valence-electron chi connectivity index (χ3n) is 4.77. The van der Waals surface area contributed by atoms with Gasteiger partial charge in [-0.3, -0.25) is 9.59 Å². The second-order valence-electron chi connectivity index (χ2n) is 10.9. The van der Waals surface area contributed by atoms with E-state index < -0.39 is 41.8 Å². The number of aliphatic carboxylic acids is 1. The Balaban J connectivity index is 3.02. The van der Waals surface area contributed by atoms with E-state index >= 15 is 0 Å². The molecular formula is C27H41NO10. The van der Waals surface area contributed by atoms with Gasteiger partial charge in [0.05, 0.1) is 18.6 Å². The first kappa shape index (κ1) is 32.7. The van der Waals surface area contributed by atoms with E-state index in [-0.39, 0.29) is 49.5 Å². The monoisotopic (exact) mass is 539 g/mol. The maximum Gasteiger partial charge on any atom is 0.513 e. The van der Waals surface area contributed by atoms with Crippen molar-refractivity contribution >= 4 is 24.2 Å². The van der Waals surface area contributed by atoms with Crippen LogP contribution in [0.5, 0.6) is 11.5 Å². The van der Waals surface area contributed by atoms with Crippen LogP contribution in [0.1, 0.15) is 61.0 Å². The Morgan fingerprint density at radius 2 is 1.39 bits per heavy atom. The van der Waals surface area contributed by atoms with Crippen LogP contribution in [-0.2, 0) is 30.2 Å². The molecule has 0 aliphatic carbocycles. The summed E-state index contributed by atoms with van der Waals surface area (Å²) in [6, 6.07) is 3.26. The van der Waals surface area contributed by atoms with Crippen LogP contribution in [0.3, 0.4) is 0 Å². The van der Waals surface area contributed by atoms with E-state index in [4.69, 9.17) is 23.7 Å². The molecule has 0 heterocycles. The second-order valence-corrected chi connectivity index (χ2v) is 10.9. The topological polar surface area (TPSA) is 147 Å². The summed E-state index contributed by atoms with van der Waals surface area (Å²) in [5, 5.41) is 12.6. The van der Waals surface area contributed by atoms with Crippen molar-refractivity contribution in [3.8, 4) is 11.5 Å². The molecule has 38 heavy (non-hydrogen) atoms. The van der Waals surface area contributed by atoms with Crippen LogP contribution in [0.4, 0.5) is 9.59 Å². The molecule has 1 aromatic carbocycles. The minimum Gasteiger partial charge on any atom is -0.480 e. The molecule has 11 heteroatoms. The highest BCUT2D eigenvalue weighted by Crippen LogP contribution is 2.30. The summed E-state index contributed by atoms with van der Waals surface area (Å²) in [5.41, 5.74) is -0.211. The van der Waals surface area contributed by atoms with Gasteiger partial charge in [0.2, 0.25) is 0 Å². The molecule has 0 spiro atoms. The van der Waals surface area contributed by atoms with Crippen LogP contribution >= 0.6 is 0 Å². The predicted molar refractivity (Wildman–Crippen MR) is 138 cm³/mol. The highest BCUT2D eigenvalue weighted by atomic mass is 16.7. The zero-order valence-electron chi connectivity index (χ0n) is 23.5. The molecule has 11 nitrogen and oxygen atoms in total. The first-order chi connectivity index (χ1) is 17.6. The van der Waals surface area contributed by atoms with Crippen LogP contribution in [0.25, 0.3) is 0 Å². The molecule has 0 saturated heterocycles. The number of carboxylic acid groups (broad SMARTS) is 1. The predicted octanol–water partition coefficient (Wildman–Crippen LogP) is 4.59. The molecule has 2 atom stereocenters. The van der Waals surface area contributed by atoms with Crippen LogP contribution in [0.2, 0.25) is 0 Å². The Hall–Kier alpha value is -3.34. The standard InChI is InChI=1S/C27H41NO10/c1-16(2)14-34-25(32)37-21-10-9-19(12-22(21)38-26(33)35-15-17(3)4)11-20(23(29)30)28-13-18(5)36-24(31)27(6,7)8/h9-10,12,16-18,20,28H,11,13-15H2,1-8H3,(H,29,30)/t18?,20-/m0/s1. The van der Waals surface area contributed by atoms with Crippen LogP contribution in [0.15, 0.2) is 18.2 Å². The summed E-state index contributed by atoms with van der Waals surface area (Å²) in [5.74, 6) is -1.58. The second kappa shape index (κ2) is 15.2. The van der Waals surface area contributed by atoms with E-state index in [9.17, 15) is 24.3 Å². The molecule has 0 radical (unpaired) electrons. The zero-order chi connectivity index (χ0) is 29.0. The number of carbonyl (C=O) groups excluding carboxylic acids is 3. The summed E-state index contributed by atoms with van der Waals surface area (Å²) in [6.07, 6.45) is -2.55. The molecule has 1 rings (SSSR count). The first-order valence-corrected chi connectivity index (χ1v) is 12.6. The lowest BCUT2D eigenvalue weighted by molar-refractivity contribution is -0.157. The van der Waals surface area contributed by atoms with Gasteiger partial charge < -0.3 is 34.1 Å². The number of carbonyl (C=O) groups is 4. The molecule has 0 aliphatic heterocycles. The lowest BCUT2D eigenvalue weighted by atomic mass is 9.97. The quantitative estimate of drug-likeness (QED) is 0.206. The number of nitrogens with one attached hydrogen (secondary N) is 1. The Bertz CT molecular complexity index is 952. The lowest BCUT2D eigenvalue weighted by Crippen LogP contribution is -2.43. The number of hydrogen-bond acceptors (Lipinski definition) is 10. The summed E-state index contributed by atoms with van der Waals surface area (Å²) in [7, 11) is 0. The molecular weight excluding hydrogens is 498 g/mol. The third kappa shape index (κ3) is 12.8. The number of esters is 1. The normalized spacial score (nSPS) is 13.0. The van der Waals surface area contributed by atoms with Gasteiger partial charge in [-0.1, -0.05) is 33.8 Å². The van der Waals surface area contributed by atoms with Gasteiger partial charge >= 0.3 is 24.2 Å². The number of ether oxygens (including phenoxy) is 5. The molecule has 0 saturated carbocycles. The molecule has 0 aliphatic rings. The molecule has 1 unspecified atom stereocenters. The SMILES string of the molecule is CC(C)COC(=O)Oc1ccc(C[C@H](NCC(C)OC(=O)C(C)(C)C)C(=O)O)cc1OC(=O)OCC(C)C. The van der Waals surface area contributed by atoms with E-state index in [1.807, 2.05) is 27.7 Å². The average Bonchev–Trinajstić information content (AvgIpc) is 2.79. The van der Waals surface area contributed by atoms with Crippen LogP contribution < -0.4 is 14.8 Å². The van der Waals surface area contributed by atoms with Crippen LogP contribution in [-0.4, -0.2) is 61.3 Å². The van der Waals surface area contributed by atoms with Crippen molar-refractivity contribution in [2.24, 2.45) is 17.3 Å². The van der Waals surface area contributed by atoms with Crippen molar-refractivity contribution in [2.75, 3.05) is 19.8 Å². The van der Waals surface area contributed by atoms with Crippen LogP contribution in [0, 0.1) is 17.3 Å². The number of benzene rings is 1. The summed E-state index contributed by atoms with van der Waals surface area (Å²) < 4.78 is 25.9. The number of hydrogen-bond donors (Lipinski definition) is 2. The number of rotatable bonds is 13. The van der Waals surface area contributed by atoms with E-state index in [1.165, 1.54) is 18.2 Å². The molecule has 2 N–H and O–H groups in total. The summed E-state index contributed by atoms with van der Waals surface area (Å²) in [6.45, 7) is 14.7. The molecule has 1 aromatic rings. The van der Waals surface area contributed by atoms with E-state index in [0.29, 0.717) is 5.56 Å². The Kier molecular flexibility index (Phi) is 13.0. The van der Waals surface area contributed by atoms with Crippen molar-refractivity contribution in [2.45, 2.75) is 74.0 Å². The fourth-order valence-electron chi connectivity index (χ4n) is 2.74. The molecule has 0 fully saturated rings. The van der Waals surface area contributed by atoms with E-state index in [2.05, 4.69) is 5.32 Å². The largest absolute Gasteiger partial charge is 0.513 e. The van der Waals surface area contributed by atoms with Gasteiger partial charge in [-0.2, -0.15) is 0 Å². The number of carboxylic acids is 1. The van der Waals surface area contributed by atoms with Crippen molar-refractivity contribution in [3.05, 3.63) is 23.8 Å². The molecule has 0 aromatic heterocycles. The van der Waals surface area contributed by atoms with Crippen molar-refractivity contribution in [1.82, 2.24) is 5.32 Å². The average molecular weight is 540 g/mol. The van der Waals surface area contributed by atoms with Gasteiger partial charge in [0.1, 0.15) is 12.1 Å². The lowest BCUT2D eigenvalue weighted by Gasteiger charge is -2.23. The zero-order valence-corrected chi connectivity index (χ0v) is 23.5. The molecule has 0 bridgehead atoms. The minimum atomic E-state index is -1.13. The Morgan fingerprint density at radius 3 is 1.87 bits per heavy atom. The van der Waals surface area contributed by atoms with Gasteiger partial charge in [0.15, 0.2) is 11.5 Å². The summed E-state index contributed by atoms with van der Waals surface area (Å²) >= 11 is 0. The van der Waals surface area contributed by atoms with Gasteiger partial charge in [-0.15, -0.1) is 0 Å². The Morgan fingerprint density at radius 1 is 0.868 bits per heavy atom. The first-order valence-electron chi connectivity index (χ1n) is 12.6. The van der Waals surface area contributed by atoms with Gasteiger partial charge in [-0.25, -0.2) is 9.59 Å². The third-order valence-corrected chi connectivity index (χ3v) is 4.77. The maximum absolute atomic E-state index is 12.2. The van der Waals surface area contributed by atoms with E-state index in [0.717, 1.165) is 0 Å². The molecule has 214 valence electrons.